The lowest BCUT2D eigenvalue weighted by Gasteiger charge is -2.31. The summed E-state index contributed by atoms with van der Waals surface area (Å²) in [5.41, 5.74) is 1.78. The number of piperidine rings is 1. The summed E-state index contributed by atoms with van der Waals surface area (Å²) >= 11 is 0. The van der Waals surface area contributed by atoms with Crippen LogP contribution in [0.15, 0.2) is 36.4 Å². The standard InChI is InChI=1S/C20H28N2O2/c23-15-17-9-11-22(12-10-17)20(24)18-7-4-8-19(13-18)21-14-16-5-2-1-3-6-16/h1-2,4,7-8,13,16-17,21,23H,3,5-6,9-12,14-15H2/t16-/m0/s1. The molecule has 1 aliphatic carbocycles. The number of amides is 1. The van der Waals surface area contributed by atoms with Gasteiger partial charge < -0.3 is 15.3 Å². The maximum Gasteiger partial charge on any atom is 0.253 e. The molecule has 0 spiro atoms. The van der Waals surface area contributed by atoms with Gasteiger partial charge in [-0.1, -0.05) is 18.2 Å². The minimum Gasteiger partial charge on any atom is -0.396 e. The molecule has 0 unspecified atom stereocenters. The number of nitrogens with one attached hydrogen (secondary N) is 1. The van der Waals surface area contributed by atoms with Crippen LogP contribution in [0.1, 0.15) is 42.5 Å². The largest absolute Gasteiger partial charge is 0.396 e. The fraction of sp³-hybridized carbons (Fsp3) is 0.550. The summed E-state index contributed by atoms with van der Waals surface area (Å²) in [7, 11) is 0. The first-order chi connectivity index (χ1) is 11.8. The Labute approximate surface area is 144 Å². The van der Waals surface area contributed by atoms with Gasteiger partial charge in [-0.25, -0.2) is 0 Å². The molecular formula is C20H28N2O2. The molecule has 4 nitrogen and oxygen atoms in total. The number of aliphatic hydroxyl groups excluding tert-OH is 1. The van der Waals surface area contributed by atoms with E-state index < -0.39 is 0 Å². The predicted octanol–water partition coefficient (Wildman–Crippen LogP) is 3.30. The van der Waals surface area contributed by atoms with Gasteiger partial charge in [0.15, 0.2) is 0 Å². The topological polar surface area (TPSA) is 52.6 Å². The van der Waals surface area contributed by atoms with Crippen LogP contribution in [-0.2, 0) is 0 Å². The second-order valence-corrected chi connectivity index (χ2v) is 7.03. The summed E-state index contributed by atoms with van der Waals surface area (Å²) in [6, 6.07) is 7.86. The van der Waals surface area contributed by atoms with Crippen molar-refractivity contribution in [2.45, 2.75) is 32.1 Å². The molecule has 1 amide bonds. The number of anilines is 1. The van der Waals surface area contributed by atoms with Crippen molar-refractivity contribution in [2.24, 2.45) is 11.8 Å². The second-order valence-electron chi connectivity index (χ2n) is 7.03. The van der Waals surface area contributed by atoms with Gasteiger partial charge in [0.2, 0.25) is 0 Å². The van der Waals surface area contributed by atoms with Gasteiger partial charge >= 0.3 is 0 Å². The van der Waals surface area contributed by atoms with Crippen LogP contribution in [0.5, 0.6) is 0 Å². The lowest BCUT2D eigenvalue weighted by molar-refractivity contribution is 0.0651. The highest BCUT2D eigenvalue weighted by Gasteiger charge is 2.23. The average molecular weight is 328 g/mol. The third kappa shape index (κ3) is 4.38. The number of hydrogen-bond acceptors (Lipinski definition) is 3. The average Bonchev–Trinajstić information content (AvgIpc) is 2.67. The zero-order chi connectivity index (χ0) is 16.8. The Balaban J connectivity index is 1.56. The third-order valence-electron chi connectivity index (χ3n) is 5.24. The molecule has 0 saturated carbocycles. The number of benzene rings is 1. The van der Waals surface area contributed by atoms with Crippen molar-refractivity contribution in [1.29, 1.82) is 0 Å². The molecule has 1 aromatic rings. The van der Waals surface area contributed by atoms with E-state index in [9.17, 15) is 9.90 Å². The molecule has 2 N–H and O–H groups in total. The number of rotatable bonds is 5. The van der Waals surface area contributed by atoms with E-state index in [4.69, 9.17) is 0 Å². The lowest BCUT2D eigenvalue weighted by atomic mass is 9.94. The third-order valence-corrected chi connectivity index (χ3v) is 5.24. The first-order valence-electron chi connectivity index (χ1n) is 9.15. The molecule has 1 saturated heterocycles. The molecule has 1 atom stereocenters. The van der Waals surface area contributed by atoms with E-state index in [0.29, 0.717) is 11.8 Å². The van der Waals surface area contributed by atoms with Crippen molar-refractivity contribution < 1.29 is 9.90 Å². The Morgan fingerprint density at radius 3 is 2.71 bits per heavy atom. The fourth-order valence-electron chi connectivity index (χ4n) is 3.57. The summed E-state index contributed by atoms with van der Waals surface area (Å²) in [6.45, 7) is 2.69. The van der Waals surface area contributed by atoms with Crippen LogP contribution in [0.25, 0.3) is 0 Å². The smallest absolute Gasteiger partial charge is 0.253 e. The molecule has 1 fully saturated rings. The summed E-state index contributed by atoms with van der Waals surface area (Å²) in [5, 5.41) is 12.7. The summed E-state index contributed by atoms with van der Waals surface area (Å²) in [4.78, 5) is 14.6. The molecule has 1 heterocycles. The monoisotopic (exact) mass is 328 g/mol. The molecule has 0 bridgehead atoms. The number of allylic oxidation sites excluding steroid dienone is 2. The van der Waals surface area contributed by atoms with E-state index in [0.717, 1.165) is 50.1 Å². The van der Waals surface area contributed by atoms with Gasteiger partial charge in [-0.3, -0.25) is 4.79 Å². The molecule has 3 rings (SSSR count). The van der Waals surface area contributed by atoms with E-state index in [2.05, 4.69) is 17.5 Å². The van der Waals surface area contributed by atoms with Crippen molar-refractivity contribution >= 4 is 11.6 Å². The highest BCUT2D eigenvalue weighted by Crippen LogP contribution is 2.21. The first kappa shape index (κ1) is 17.0. The minimum atomic E-state index is 0.107. The molecule has 0 radical (unpaired) electrons. The van der Waals surface area contributed by atoms with Crippen LogP contribution >= 0.6 is 0 Å². The van der Waals surface area contributed by atoms with Gasteiger partial charge in [-0.05, 0) is 62.1 Å². The second kappa shape index (κ2) is 8.34. The van der Waals surface area contributed by atoms with Crippen molar-refractivity contribution in [2.75, 3.05) is 31.6 Å². The number of nitrogens with zero attached hydrogens (tertiary/aromatic N) is 1. The van der Waals surface area contributed by atoms with Gasteiger partial charge in [0.1, 0.15) is 0 Å². The van der Waals surface area contributed by atoms with E-state index in [1.807, 2.05) is 29.2 Å². The first-order valence-corrected chi connectivity index (χ1v) is 9.15. The van der Waals surface area contributed by atoms with Gasteiger partial charge in [-0.15, -0.1) is 0 Å². The number of likely N-dealkylation sites (tertiary alicyclic amines) is 1. The van der Waals surface area contributed by atoms with Crippen molar-refractivity contribution in [1.82, 2.24) is 4.90 Å². The molecule has 1 aliphatic heterocycles. The van der Waals surface area contributed by atoms with Gasteiger partial charge in [0, 0.05) is 37.5 Å². The van der Waals surface area contributed by atoms with E-state index in [1.165, 1.54) is 12.8 Å². The highest BCUT2D eigenvalue weighted by molar-refractivity contribution is 5.95. The Bertz CT molecular complexity index is 577. The number of carbonyl (C=O) groups is 1. The molecule has 0 aromatic heterocycles. The molecule has 2 aliphatic rings. The summed E-state index contributed by atoms with van der Waals surface area (Å²) < 4.78 is 0. The lowest BCUT2D eigenvalue weighted by Crippen LogP contribution is -2.39. The van der Waals surface area contributed by atoms with Crippen molar-refractivity contribution in [3.8, 4) is 0 Å². The minimum absolute atomic E-state index is 0.107. The Morgan fingerprint density at radius 2 is 2.00 bits per heavy atom. The number of carbonyl (C=O) groups excluding carboxylic acids is 1. The fourth-order valence-corrected chi connectivity index (χ4v) is 3.57. The van der Waals surface area contributed by atoms with Crippen LogP contribution in [0.4, 0.5) is 5.69 Å². The predicted molar refractivity (Wildman–Crippen MR) is 97.1 cm³/mol. The molecule has 4 heteroatoms. The van der Waals surface area contributed by atoms with Crippen molar-refractivity contribution in [3.05, 3.63) is 42.0 Å². The summed E-state index contributed by atoms with van der Waals surface area (Å²) in [6.07, 6.45) is 9.88. The maximum absolute atomic E-state index is 12.7. The zero-order valence-electron chi connectivity index (χ0n) is 14.3. The van der Waals surface area contributed by atoms with Gasteiger partial charge in [0.25, 0.3) is 5.91 Å². The number of aliphatic hydroxyl groups is 1. The van der Waals surface area contributed by atoms with Crippen LogP contribution < -0.4 is 5.32 Å². The van der Waals surface area contributed by atoms with E-state index in [1.54, 1.807) is 0 Å². The van der Waals surface area contributed by atoms with Crippen molar-refractivity contribution in [3.63, 3.8) is 0 Å². The number of hydrogen-bond donors (Lipinski definition) is 2. The Kier molecular flexibility index (Phi) is 5.91. The Hall–Kier alpha value is -1.81. The van der Waals surface area contributed by atoms with Gasteiger partial charge in [0.05, 0.1) is 0 Å². The zero-order valence-corrected chi connectivity index (χ0v) is 14.3. The SMILES string of the molecule is O=C(c1cccc(NC[C@H]2CC=CCC2)c1)N1CCC(CO)CC1. The van der Waals surface area contributed by atoms with E-state index >= 15 is 0 Å². The normalized spacial score (nSPS) is 21.7. The van der Waals surface area contributed by atoms with Crippen LogP contribution in [0.3, 0.4) is 0 Å². The van der Waals surface area contributed by atoms with Gasteiger partial charge in [-0.2, -0.15) is 0 Å². The van der Waals surface area contributed by atoms with E-state index in [-0.39, 0.29) is 12.5 Å². The van der Waals surface area contributed by atoms with Crippen LogP contribution in [-0.4, -0.2) is 42.2 Å². The molecule has 130 valence electrons. The highest BCUT2D eigenvalue weighted by atomic mass is 16.3. The quantitative estimate of drug-likeness (QED) is 0.816. The van der Waals surface area contributed by atoms with Crippen LogP contribution in [0, 0.1) is 11.8 Å². The van der Waals surface area contributed by atoms with Crippen LogP contribution in [0.2, 0.25) is 0 Å². The summed E-state index contributed by atoms with van der Waals surface area (Å²) in [5.74, 6) is 1.15. The molecular weight excluding hydrogens is 300 g/mol. The Morgan fingerprint density at radius 1 is 1.17 bits per heavy atom. The molecule has 24 heavy (non-hydrogen) atoms. The molecule has 1 aromatic carbocycles. The maximum atomic E-state index is 12.7.